The van der Waals surface area contributed by atoms with Crippen molar-refractivity contribution in [1.82, 2.24) is 10.3 Å². The number of carbonyl (C=O) groups is 2. The zero-order valence-corrected chi connectivity index (χ0v) is 15.7. The number of benzene rings is 1. The van der Waals surface area contributed by atoms with Crippen molar-refractivity contribution in [2.75, 3.05) is 6.61 Å². The molecule has 3 rings (SSSR count). The van der Waals surface area contributed by atoms with Crippen molar-refractivity contribution in [2.24, 2.45) is 0 Å². The van der Waals surface area contributed by atoms with E-state index in [0.29, 0.717) is 5.56 Å². The molecule has 1 aliphatic rings. The Labute approximate surface area is 154 Å². The monoisotopic (exact) mass is 354 g/mol. The molecule has 1 heterocycles. The third-order valence-corrected chi connectivity index (χ3v) is 4.47. The lowest BCUT2D eigenvalue weighted by atomic mass is 9.97. The summed E-state index contributed by atoms with van der Waals surface area (Å²) in [6.45, 7) is 5.40. The van der Waals surface area contributed by atoms with Crippen LogP contribution in [0.15, 0.2) is 24.3 Å². The van der Waals surface area contributed by atoms with Gasteiger partial charge < -0.3 is 10.1 Å². The molecule has 138 valence electrons. The van der Waals surface area contributed by atoms with Crippen molar-refractivity contribution in [2.45, 2.75) is 58.4 Å². The van der Waals surface area contributed by atoms with Gasteiger partial charge in [-0.3, -0.25) is 9.78 Å². The summed E-state index contributed by atoms with van der Waals surface area (Å²) in [7, 11) is 0. The number of amides is 1. The number of rotatable bonds is 3. The third kappa shape index (κ3) is 4.21. The first-order valence-corrected chi connectivity index (χ1v) is 9.24. The lowest BCUT2D eigenvalue weighted by molar-refractivity contribution is -0.125. The van der Waals surface area contributed by atoms with Crippen LogP contribution in [0.1, 0.15) is 61.6 Å². The van der Waals surface area contributed by atoms with E-state index in [-0.39, 0.29) is 18.1 Å². The molecule has 1 N–H and O–H groups in total. The van der Waals surface area contributed by atoms with Gasteiger partial charge >= 0.3 is 5.97 Å². The number of carbonyl (C=O) groups excluding carboxylic acids is 2. The van der Waals surface area contributed by atoms with Crippen molar-refractivity contribution < 1.29 is 14.3 Å². The topological polar surface area (TPSA) is 68.3 Å². The van der Waals surface area contributed by atoms with E-state index in [1.165, 1.54) is 0 Å². The Morgan fingerprint density at radius 1 is 1.12 bits per heavy atom. The fourth-order valence-electron chi connectivity index (χ4n) is 3.44. The van der Waals surface area contributed by atoms with Crippen LogP contribution in [0.2, 0.25) is 0 Å². The number of aryl methyl sites for hydroxylation is 1. The maximum atomic E-state index is 12.9. The maximum absolute atomic E-state index is 12.9. The number of nitrogens with one attached hydrogen (secondary N) is 1. The quantitative estimate of drug-likeness (QED) is 0.676. The van der Waals surface area contributed by atoms with Gasteiger partial charge in [-0.25, -0.2) is 4.79 Å². The Hall–Kier alpha value is -2.43. The molecule has 5 heteroatoms. The highest BCUT2D eigenvalue weighted by Crippen LogP contribution is 2.29. The van der Waals surface area contributed by atoms with Gasteiger partial charge in [-0.1, -0.05) is 24.6 Å². The second-order valence-electron chi connectivity index (χ2n) is 7.86. The molecule has 1 amide bonds. The molecule has 0 atom stereocenters. The van der Waals surface area contributed by atoms with Gasteiger partial charge in [0, 0.05) is 16.6 Å². The number of hydrogen-bond donors (Lipinski definition) is 1. The maximum Gasteiger partial charge on any atom is 0.339 e. The predicted molar refractivity (Wildman–Crippen MR) is 101 cm³/mol. The summed E-state index contributed by atoms with van der Waals surface area (Å²) in [5.74, 6) is -0.735. The lowest BCUT2D eigenvalue weighted by Gasteiger charge is -2.20. The minimum absolute atomic E-state index is 0.276. The highest BCUT2D eigenvalue weighted by molar-refractivity contribution is 6.05. The molecule has 0 saturated heterocycles. The number of para-hydroxylation sites is 1. The molecule has 0 unspecified atom stereocenters. The average molecular weight is 354 g/mol. The van der Waals surface area contributed by atoms with E-state index in [1.807, 2.05) is 45.0 Å². The predicted octanol–water partition coefficient (Wildman–Crippen LogP) is 3.58. The number of nitrogens with zero attached hydrogens (tertiary/aromatic N) is 1. The van der Waals surface area contributed by atoms with Gasteiger partial charge in [-0.15, -0.1) is 0 Å². The van der Waals surface area contributed by atoms with Gasteiger partial charge in [0.15, 0.2) is 6.61 Å². The third-order valence-electron chi connectivity index (χ3n) is 4.47. The molecule has 0 fully saturated rings. The number of aromatic nitrogens is 1. The second kappa shape index (κ2) is 7.44. The molecule has 1 aromatic heterocycles. The van der Waals surface area contributed by atoms with Crippen molar-refractivity contribution in [3.05, 3.63) is 41.1 Å². The van der Waals surface area contributed by atoms with E-state index >= 15 is 0 Å². The molecule has 0 spiro atoms. The zero-order valence-electron chi connectivity index (χ0n) is 15.7. The first-order valence-electron chi connectivity index (χ1n) is 9.24. The van der Waals surface area contributed by atoms with Crippen LogP contribution >= 0.6 is 0 Å². The fraction of sp³-hybridized carbons (Fsp3) is 0.476. The lowest BCUT2D eigenvalue weighted by Crippen LogP contribution is -2.42. The molecule has 0 saturated carbocycles. The van der Waals surface area contributed by atoms with E-state index in [9.17, 15) is 9.59 Å². The minimum atomic E-state index is -0.439. The van der Waals surface area contributed by atoms with Crippen molar-refractivity contribution in [3.8, 4) is 0 Å². The minimum Gasteiger partial charge on any atom is -0.452 e. The summed E-state index contributed by atoms with van der Waals surface area (Å²) in [6.07, 6.45) is 4.96. The zero-order chi connectivity index (χ0) is 18.7. The molecule has 0 aliphatic heterocycles. The second-order valence-corrected chi connectivity index (χ2v) is 7.86. The Kier molecular flexibility index (Phi) is 5.25. The van der Waals surface area contributed by atoms with Crippen LogP contribution in [0, 0.1) is 0 Å². The summed E-state index contributed by atoms with van der Waals surface area (Å²) in [4.78, 5) is 29.7. The highest BCUT2D eigenvalue weighted by Gasteiger charge is 2.24. The van der Waals surface area contributed by atoms with Crippen molar-refractivity contribution in [3.63, 3.8) is 0 Å². The molecule has 2 aromatic rings. The smallest absolute Gasteiger partial charge is 0.339 e. The Morgan fingerprint density at radius 3 is 2.62 bits per heavy atom. The number of ether oxygens (including phenoxy) is 1. The number of esters is 1. The Morgan fingerprint density at radius 2 is 1.85 bits per heavy atom. The molecular weight excluding hydrogens is 328 g/mol. The van der Waals surface area contributed by atoms with Crippen molar-refractivity contribution >= 4 is 22.8 Å². The van der Waals surface area contributed by atoms with Gasteiger partial charge in [0.05, 0.1) is 11.1 Å². The summed E-state index contributed by atoms with van der Waals surface area (Å²) in [6, 6.07) is 7.64. The van der Waals surface area contributed by atoms with E-state index in [0.717, 1.165) is 54.3 Å². The summed E-state index contributed by atoms with van der Waals surface area (Å²) in [5.41, 5.74) is 3.01. The van der Waals surface area contributed by atoms with Crippen LogP contribution in [0.5, 0.6) is 0 Å². The van der Waals surface area contributed by atoms with Gasteiger partial charge in [0.2, 0.25) is 0 Å². The normalized spacial score (nSPS) is 14.4. The summed E-state index contributed by atoms with van der Waals surface area (Å²) >= 11 is 0. The van der Waals surface area contributed by atoms with E-state index in [1.54, 1.807) is 0 Å². The van der Waals surface area contributed by atoms with Crippen molar-refractivity contribution in [1.29, 1.82) is 0 Å². The van der Waals surface area contributed by atoms with E-state index in [2.05, 4.69) is 5.32 Å². The first kappa shape index (κ1) is 18.4. The van der Waals surface area contributed by atoms with Gasteiger partial charge in [0.1, 0.15) is 0 Å². The van der Waals surface area contributed by atoms with Crippen LogP contribution in [-0.4, -0.2) is 29.0 Å². The van der Waals surface area contributed by atoms with Gasteiger partial charge in [-0.2, -0.15) is 0 Å². The molecule has 1 aliphatic carbocycles. The molecule has 0 bridgehead atoms. The Bertz CT molecular complexity index is 837. The van der Waals surface area contributed by atoms with Crippen LogP contribution in [-0.2, 0) is 22.4 Å². The SMILES string of the molecule is CC(C)(C)NC(=O)COC(=O)c1c2c(nc3ccccc13)CCCCC2. The number of hydrogen-bond acceptors (Lipinski definition) is 4. The number of fused-ring (bicyclic) bond motifs is 2. The van der Waals surface area contributed by atoms with Crippen LogP contribution < -0.4 is 5.32 Å². The van der Waals surface area contributed by atoms with Crippen LogP contribution in [0.4, 0.5) is 0 Å². The van der Waals surface area contributed by atoms with Gasteiger partial charge in [0.25, 0.3) is 5.91 Å². The summed E-state index contributed by atoms with van der Waals surface area (Å²) < 4.78 is 5.37. The molecular formula is C21H26N2O3. The van der Waals surface area contributed by atoms with Gasteiger partial charge in [-0.05, 0) is 58.1 Å². The Balaban J connectivity index is 1.91. The fourth-order valence-corrected chi connectivity index (χ4v) is 3.44. The molecule has 5 nitrogen and oxygen atoms in total. The largest absolute Gasteiger partial charge is 0.452 e. The average Bonchev–Trinajstić information content (AvgIpc) is 2.81. The molecule has 0 radical (unpaired) electrons. The van der Waals surface area contributed by atoms with E-state index in [4.69, 9.17) is 9.72 Å². The molecule has 1 aromatic carbocycles. The molecule has 26 heavy (non-hydrogen) atoms. The standard InChI is InChI=1S/C21H26N2O3/c1-21(2,3)23-18(24)13-26-20(25)19-14-9-5-4-6-11-16(14)22-17-12-8-7-10-15(17)19/h7-8,10,12H,4-6,9,11,13H2,1-3H3,(H,23,24). The van der Waals surface area contributed by atoms with E-state index < -0.39 is 5.97 Å². The first-order chi connectivity index (χ1) is 12.3. The number of pyridine rings is 1. The summed E-state index contributed by atoms with van der Waals surface area (Å²) in [5, 5.41) is 3.61. The van der Waals surface area contributed by atoms with Crippen LogP contribution in [0.25, 0.3) is 10.9 Å². The van der Waals surface area contributed by atoms with Crippen LogP contribution in [0.3, 0.4) is 0 Å². The highest BCUT2D eigenvalue weighted by atomic mass is 16.5.